The second-order valence-corrected chi connectivity index (χ2v) is 5.69. The van der Waals surface area contributed by atoms with Crippen LogP contribution in [0.3, 0.4) is 0 Å². The van der Waals surface area contributed by atoms with Gasteiger partial charge in [-0.1, -0.05) is 18.2 Å². The third-order valence-corrected chi connectivity index (χ3v) is 4.06. The third-order valence-electron chi connectivity index (χ3n) is 4.06. The number of hydrogen-bond acceptors (Lipinski definition) is 2. The van der Waals surface area contributed by atoms with Crippen molar-refractivity contribution in [3.05, 3.63) is 54.5 Å². The molecule has 23 heavy (non-hydrogen) atoms. The summed E-state index contributed by atoms with van der Waals surface area (Å²) in [6, 6.07) is 12.3. The molecule has 0 saturated carbocycles. The minimum Gasteiger partial charge on any atom is -0.321 e. The van der Waals surface area contributed by atoms with Crippen LogP contribution in [0.4, 0.5) is 15.9 Å². The molecule has 1 aromatic heterocycles. The van der Waals surface area contributed by atoms with Crippen molar-refractivity contribution >= 4 is 17.4 Å². The lowest BCUT2D eigenvalue weighted by Crippen LogP contribution is -3.15. The van der Waals surface area contributed by atoms with E-state index in [0.717, 1.165) is 32.0 Å². The second kappa shape index (κ2) is 7.19. The molecule has 0 radical (unpaired) electrons. The molecule has 1 amide bonds. The van der Waals surface area contributed by atoms with Gasteiger partial charge in [0, 0.05) is 6.07 Å². The standard InChI is InChI=1S/C17H19FN4O/c18-14-5-1-2-6-15(14)20-17(23)13-21-9-11-22(12-10-21)16-7-3-4-8-19-16/h1-8H,9-13H2,(H,20,23)/p+2. The summed E-state index contributed by atoms with van der Waals surface area (Å²) in [5.74, 6) is 0.549. The Balaban J connectivity index is 1.49. The van der Waals surface area contributed by atoms with Gasteiger partial charge in [-0.25, -0.2) is 9.37 Å². The Hall–Kier alpha value is -2.47. The molecule has 0 bridgehead atoms. The summed E-state index contributed by atoms with van der Waals surface area (Å²) in [5, 5.41) is 2.65. The van der Waals surface area contributed by atoms with E-state index in [4.69, 9.17) is 0 Å². The van der Waals surface area contributed by atoms with Crippen LogP contribution < -0.4 is 20.1 Å². The number of amides is 1. The van der Waals surface area contributed by atoms with Gasteiger partial charge in [0.2, 0.25) is 0 Å². The largest absolute Gasteiger partial charge is 0.321 e. The first-order chi connectivity index (χ1) is 11.2. The van der Waals surface area contributed by atoms with Crippen molar-refractivity contribution in [2.45, 2.75) is 0 Å². The Kier molecular flexibility index (Phi) is 4.83. The minimum absolute atomic E-state index is 0.148. The lowest BCUT2D eigenvalue weighted by Gasteiger charge is -2.27. The summed E-state index contributed by atoms with van der Waals surface area (Å²) < 4.78 is 13.5. The van der Waals surface area contributed by atoms with Crippen molar-refractivity contribution in [2.24, 2.45) is 0 Å². The fourth-order valence-corrected chi connectivity index (χ4v) is 2.81. The molecule has 2 heterocycles. The summed E-state index contributed by atoms with van der Waals surface area (Å²) in [6.07, 6.45) is 1.91. The Morgan fingerprint density at radius 3 is 2.61 bits per heavy atom. The third kappa shape index (κ3) is 4.04. The van der Waals surface area contributed by atoms with Gasteiger partial charge in [-0.05, 0) is 18.2 Å². The van der Waals surface area contributed by atoms with E-state index < -0.39 is 5.82 Å². The van der Waals surface area contributed by atoms with E-state index in [2.05, 4.69) is 21.3 Å². The molecule has 6 heteroatoms. The molecule has 1 aliphatic rings. The maximum atomic E-state index is 13.5. The van der Waals surface area contributed by atoms with E-state index in [9.17, 15) is 9.18 Å². The zero-order valence-corrected chi connectivity index (χ0v) is 12.9. The van der Waals surface area contributed by atoms with Crippen LogP contribution in [0.5, 0.6) is 0 Å². The first-order valence-electron chi connectivity index (χ1n) is 7.82. The van der Waals surface area contributed by atoms with Gasteiger partial charge in [-0.3, -0.25) is 9.69 Å². The number of nitrogens with one attached hydrogen (secondary N) is 3. The van der Waals surface area contributed by atoms with Crippen molar-refractivity contribution in [3.63, 3.8) is 0 Å². The van der Waals surface area contributed by atoms with Crippen molar-refractivity contribution in [1.29, 1.82) is 0 Å². The van der Waals surface area contributed by atoms with Crippen molar-refractivity contribution in [3.8, 4) is 0 Å². The van der Waals surface area contributed by atoms with Crippen LogP contribution in [0.1, 0.15) is 0 Å². The quantitative estimate of drug-likeness (QED) is 0.833. The number of benzene rings is 1. The first-order valence-corrected chi connectivity index (χ1v) is 7.82. The number of carbonyl (C=O) groups is 1. The van der Waals surface area contributed by atoms with E-state index in [1.807, 2.05) is 18.3 Å². The van der Waals surface area contributed by atoms with Gasteiger partial charge in [0.25, 0.3) is 11.7 Å². The van der Waals surface area contributed by atoms with E-state index in [0.29, 0.717) is 6.54 Å². The number of aromatic nitrogens is 1. The number of quaternary nitrogens is 1. The number of rotatable bonds is 4. The molecule has 1 aliphatic heterocycles. The number of pyridine rings is 1. The molecule has 120 valence electrons. The summed E-state index contributed by atoms with van der Waals surface area (Å²) in [7, 11) is 0. The number of hydrogen-bond donors (Lipinski definition) is 2. The predicted molar refractivity (Wildman–Crippen MR) is 85.8 cm³/mol. The number of para-hydroxylation sites is 1. The summed E-state index contributed by atoms with van der Waals surface area (Å²) in [6.45, 7) is 3.91. The van der Waals surface area contributed by atoms with Crippen molar-refractivity contribution < 1.29 is 19.1 Å². The molecule has 1 saturated heterocycles. The van der Waals surface area contributed by atoms with Gasteiger partial charge < -0.3 is 10.2 Å². The number of nitrogens with zero attached hydrogens (tertiary/aromatic N) is 1. The lowest BCUT2D eigenvalue weighted by atomic mass is 10.3. The number of piperazine rings is 1. The molecule has 0 spiro atoms. The lowest BCUT2D eigenvalue weighted by molar-refractivity contribution is -0.892. The highest BCUT2D eigenvalue weighted by Gasteiger charge is 2.27. The highest BCUT2D eigenvalue weighted by atomic mass is 19.1. The molecule has 3 N–H and O–H groups in total. The Morgan fingerprint density at radius 1 is 1.17 bits per heavy atom. The predicted octanol–water partition coefficient (Wildman–Crippen LogP) is -0.0166. The molecule has 5 nitrogen and oxygen atoms in total. The Morgan fingerprint density at radius 2 is 1.91 bits per heavy atom. The van der Waals surface area contributed by atoms with E-state index >= 15 is 0 Å². The van der Waals surface area contributed by atoms with Crippen LogP contribution in [-0.4, -0.2) is 38.6 Å². The highest BCUT2D eigenvalue weighted by Crippen LogP contribution is 2.11. The summed E-state index contributed by atoms with van der Waals surface area (Å²) in [5.41, 5.74) is 0.245. The van der Waals surface area contributed by atoms with Gasteiger partial charge in [0.1, 0.15) is 32.0 Å². The molecule has 0 unspecified atom stereocenters. The minimum atomic E-state index is -0.403. The normalized spacial score (nSPS) is 15.4. The number of aromatic amines is 1. The zero-order valence-electron chi connectivity index (χ0n) is 12.9. The van der Waals surface area contributed by atoms with E-state index in [-0.39, 0.29) is 11.6 Å². The number of anilines is 2. The number of H-pyrrole nitrogens is 1. The molecular formula is C17H21FN4O+2. The smallest absolute Gasteiger partial charge is 0.279 e. The molecule has 2 aromatic rings. The van der Waals surface area contributed by atoms with Crippen LogP contribution in [0.15, 0.2) is 48.7 Å². The van der Waals surface area contributed by atoms with Gasteiger partial charge in [0.15, 0.2) is 6.54 Å². The monoisotopic (exact) mass is 316 g/mol. The molecule has 1 aromatic carbocycles. The first kappa shape index (κ1) is 15.4. The average molecular weight is 316 g/mol. The van der Waals surface area contributed by atoms with Gasteiger partial charge in [-0.15, -0.1) is 0 Å². The Labute approximate surface area is 134 Å². The molecule has 1 fully saturated rings. The topological polar surface area (TPSA) is 50.9 Å². The van der Waals surface area contributed by atoms with Gasteiger partial charge >= 0.3 is 0 Å². The van der Waals surface area contributed by atoms with Gasteiger partial charge in [-0.2, -0.15) is 0 Å². The maximum absolute atomic E-state index is 13.5. The van der Waals surface area contributed by atoms with E-state index in [1.54, 1.807) is 18.2 Å². The molecule has 0 atom stereocenters. The zero-order chi connectivity index (χ0) is 16.1. The van der Waals surface area contributed by atoms with Crippen molar-refractivity contribution in [1.82, 2.24) is 0 Å². The van der Waals surface area contributed by atoms with Crippen LogP contribution >= 0.6 is 0 Å². The van der Waals surface area contributed by atoms with Crippen LogP contribution in [0.25, 0.3) is 0 Å². The van der Waals surface area contributed by atoms with Gasteiger partial charge in [0.05, 0.1) is 11.9 Å². The second-order valence-electron chi connectivity index (χ2n) is 5.69. The van der Waals surface area contributed by atoms with Crippen molar-refractivity contribution in [2.75, 3.05) is 42.9 Å². The van der Waals surface area contributed by atoms with Crippen LogP contribution in [0.2, 0.25) is 0 Å². The number of carbonyl (C=O) groups excluding carboxylic acids is 1. The Bertz CT molecular complexity index is 657. The summed E-state index contributed by atoms with van der Waals surface area (Å²) >= 11 is 0. The van der Waals surface area contributed by atoms with E-state index in [1.165, 1.54) is 11.0 Å². The fraction of sp³-hybridized carbons (Fsp3) is 0.294. The fourth-order valence-electron chi connectivity index (χ4n) is 2.81. The van der Waals surface area contributed by atoms with Crippen LogP contribution in [0, 0.1) is 5.82 Å². The summed E-state index contributed by atoms with van der Waals surface area (Å²) in [4.78, 5) is 18.8. The molecule has 0 aliphatic carbocycles. The number of halogens is 1. The maximum Gasteiger partial charge on any atom is 0.279 e. The molecular weight excluding hydrogens is 295 g/mol. The SMILES string of the molecule is O=C(C[NH+]1CCN(c2cccc[nH+]2)CC1)Nc1ccccc1F. The van der Waals surface area contributed by atoms with Crippen LogP contribution in [-0.2, 0) is 4.79 Å². The molecule has 3 rings (SSSR count). The average Bonchev–Trinajstić information content (AvgIpc) is 2.58. The highest BCUT2D eigenvalue weighted by molar-refractivity contribution is 5.91.